The third-order valence-corrected chi connectivity index (χ3v) is 7.13. The fourth-order valence-corrected chi connectivity index (χ4v) is 4.87. The van der Waals surface area contributed by atoms with Crippen molar-refractivity contribution < 1.29 is 19.5 Å². The minimum Gasteiger partial charge on any atom is -0.481 e. The number of carbonyl (C=O) groups excluding carboxylic acids is 2. The molecule has 2 amide bonds. The van der Waals surface area contributed by atoms with Gasteiger partial charge in [0.1, 0.15) is 0 Å². The smallest absolute Gasteiger partial charge is 0.306 e. The van der Waals surface area contributed by atoms with Gasteiger partial charge in [0.25, 0.3) is 0 Å². The molecule has 8 heteroatoms. The number of piperidine rings is 1. The lowest BCUT2D eigenvalue weighted by Gasteiger charge is -2.31. The van der Waals surface area contributed by atoms with E-state index in [0.717, 1.165) is 5.56 Å². The van der Waals surface area contributed by atoms with Gasteiger partial charge in [-0.15, -0.1) is 0 Å². The number of aliphatic carboxylic acids is 1. The minimum absolute atomic E-state index is 0.0252. The molecule has 34 heavy (non-hydrogen) atoms. The summed E-state index contributed by atoms with van der Waals surface area (Å²) in [5.41, 5.74) is 3.32. The molecule has 2 atom stereocenters. The molecule has 4 rings (SSSR count). The number of benzene rings is 2. The fourth-order valence-electron chi connectivity index (χ4n) is 4.75. The zero-order valence-electron chi connectivity index (χ0n) is 19.0. The van der Waals surface area contributed by atoms with Gasteiger partial charge in [0.05, 0.1) is 12.0 Å². The highest BCUT2D eigenvalue weighted by atomic mass is 35.5. The molecule has 0 aromatic heterocycles. The monoisotopic (exact) mass is 483 g/mol. The highest BCUT2D eigenvalue weighted by molar-refractivity contribution is 6.30. The van der Waals surface area contributed by atoms with E-state index in [2.05, 4.69) is 22.8 Å². The van der Waals surface area contributed by atoms with E-state index in [4.69, 9.17) is 11.6 Å². The number of carboxylic acids is 1. The Morgan fingerprint density at radius 3 is 2.41 bits per heavy atom. The van der Waals surface area contributed by atoms with E-state index in [0.29, 0.717) is 50.5 Å². The Kier molecular flexibility index (Phi) is 7.85. The summed E-state index contributed by atoms with van der Waals surface area (Å²) < 4.78 is 0. The topological polar surface area (TPSA) is 98.7 Å². The van der Waals surface area contributed by atoms with Crippen molar-refractivity contribution in [2.24, 2.45) is 5.92 Å². The second-order valence-electron chi connectivity index (χ2n) is 9.10. The molecule has 2 aliphatic rings. The van der Waals surface area contributed by atoms with Gasteiger partial charge >= 0.3 is 5.97 Å². The Balaban J connectivity index is 1.38. The van der Waals surface area contributed by atoms with Gasteiger partial charge in [-0.05, 0) is 48.1 Å². The molecule has 7 nitrogen and oxygen atoms in total. The predicted molar refractivity (Wildman–Crippen MR) is 130 cm³/mol. The summed E-state index contributed by atoms with van der Waals surface area (Å²) in [5.74, 6) is -1.50. The zero-order valence-corrected chi connectivity index (χ0v) is 19.8. The molecule has 0 bridgehead atoms. The maximum absolute atomic E-state index is 13.0. The van der Waals surface area contributed by atoms with Gasteiger partial charge in [-0.2, -0.15) is 0 Å². The van der Waals surface area contributed by atoms with Crippen LogP contribution in [0.25, 0.3) is 0 Å². The average molecular weight is 484 g/mol. The van der Waals surface area contributed by atoms with Crippen molar-refractivity contribution in [3.63, 3.8) is 0 Å². The maximum atomic E-state index is 13.0. The number of halogens is 1. The van der Waals surface area contributed by atoms with Crippen molar-refractivity contribution in [1.82, 2.24) is 15.5 Å². The van der Waals surface area contributed by atoms with E-state index >= 15 is 0 Å². The molecule has 2 aromatic rings. The molecule has 1 unspecified atom stereocenters. The van der Waals surface area contributed by atoms with Crippen LogP contribution >= 0.6 is 11.6 Å². The lowest BCUT2D eigenvalue weighted by atomic mass is 9.92. The first-order chi connectivity index (χ1) is 16.4. The Hall–Kier alpha value is -2.90. The van der Waals surface area contributed by atoms with Crippen LogP contribution in [0.3, 0.4) is 0 Å². The maximum Gasteiger partial charge on any atom is 0.306 e. The second-order valence-corrected chi connectivity index (χ2v) is 9.53. The Morgan fingerprint density at radius 2 is 1.74 bits per heavy atom. The van der Waals surface area contributed by atoms with E-state index in [9.17, 15) is 19.5 Å². The first kappa shape index (κ1) is 24.2. The zero-order chi connectivity index (χ0) is 24.1. The van der Waals surface area contributed by atoms with Crippen LogP contribution < -0.4 is 10.6 Å². The number of nitrogens with zero attached hydrogens (tertiary/aromatic N) is 1. The number of hydrogen-bond donors (Lipinski definition) is 3. The van der Waals surface area contributed by atoms with Crippen LogP contribution in [0, 0.1) is 5.92 Å². The minimum atomic E-state index is -0.798. The number of likely N-dealkylation sites (tertiary alicyclic amines) is 1. The summed E-state index contributed by atoms with van der Waals surface area (Å²) in [5, 5.41) is 16.2. The Morgan fingerprint density at radius 1 is 1.06 bits per heavy atom. The predicted octanol–water partition coefficient (Wildman–Crippen LogP) is 2.97. The van der Waals surface area contributed by atoms with Crippen LogP contribution in [0.4, 0.5) is 0 Å². The van der Waals surface area contributed by atoms with Gasteiger partial charge in [0.15, 0.2) is 0 Å². The Labute approximate surface area is 204 Å². The van der Waals surface area contributed by atoms with Crippen LogP contribution in [-0.2, 0) is 27.3 Å². The number of nitrogens with one attached hydrogen (secondary N) is 2. The number of carbonyl (C=O) groups is 3. The van der Waals surface area contributed by atoms with Gasteiger partial charge in [-0.25, -0.2) is 0 Å². The van der Waals surface area contributed by atoms with Crippen LogP contribution in [0.5, 0.6) is 0 Å². The third-order valence-electron chi connectivity index (χ3n) is 6.88. The van der Waals surface area contributed by atoms with Crippen molar-refractivity contribution in [1.29, 1.82) is 0 Å². The number of fused-ring (bicyclic) bond motifs is 1. The lowest BCUT2D eigenvalue weighted by molar-refractivity contribution is -0.145. The quantitative estimate of drug-likeness (QED) is 0.562. The van der Waals surface area contributed by atoms with E-state index in [1.807, 2.05) is 24.3 Å². The summed E-state index contributed by atoms with van der Waals surface area (Å²) in [6.45, 7) is 1.87. The standard InChI is InChI=1S/C26H30ClN3O4/c27-22-7-5-17(6-8-22)21(14-24(31)30-11-9-18(10-12-30)26(33)34)16-29-25(32)23-13-19-3-1-2-4-20(19)15-28-23/h1-8,18,21,23,28H,9-16H2,(H,29,32)(H,33,34)/t21?,23-/m0/s1. The van der Waals surface area contributed by atoms with E-state index in [-0.39, 0.29) is 36.1 Å². The molecule has 0 saturated carbocycles. The molecule has 0 radical (unpaired) electrons. The molecule has 0 spiro atoms. The SMILES string of the molecule is O=C(O)C1CCN(C(=O)CC(CNC(=O)[C@@H]2Cc3ccccc3CN2)c2ccc(Cl)cc2)CC1. The molecule has 2 aliphatic heterocycles. The first-order valence-electron chi connectivity index (χ1n) is 11.7. The number of carboxylic acid groups (broad SMARTS) is 1. The number of amides is 2. The fraction of sp³-hybridized carbons (Fsp3) is 0.423. The molecule has 1 saturated heterocycles. The molecule has 180 valence electrons. The van der Waals surface area contributed by atoms with Crippen LogP contribution in [-0.4, -0.2) is 53.5 Å². The summed E-state index contributed by atoms with van der Waals surface area (Å²) in [4.78, 5) is 38.9. The van der Waals surface area contributed by atoms with Crippen molar-refractivity contribution in [3.8, 4) is 0 Å². The number of hydrogen-bond acceptors (Lipinski definition) is 4. The molecule has 1 fully saturated rings. The van der Waals surface area contributed by atoms with E-state index in [1.165, 1.54) is 11.1 Å². The van der Waals surface area contributed by atoms with Crippen LogP contribution in [0.1, 0.15) is 41.9 Å². The summed E-state index contributed by atoms with van der Waals surface area (Å²) in [7, 11) is 0. The molecule has 2 heterocycles. The van der Waals surface area contributed by atoms with Gasteiger partial charge in [0, 0.05) is 43.5 Å². The van der Waals surface area contributed by atoms with Gasteiger partial charge in [-0.1, -0.05) is 48.0 Å². The van der Waals surface area contributed by atoms with Crippen molar-refractivity contribution in [2.45, 2.75) is 44.2 Å². The van der Waals surface area contributed by atoms with Crippen LogP contribution in [0.15, 0.2) is 48.5 Å². The molecule has 2 aromatic carbocycles. The van der Waals surface area contributed by atoms with Crippen molar-refractivity contribution in [2.75, 3.05) is 19.6 Å². The van der Waals surface area contributed by atoms with Crippen molar-refractivity contribution >= 4 is 29.4 Å². The molecule has 3 N–H and O–H groups in total. The van der Waals surface area contributed by atoms with Crippen LogP contribution in [0.2, 0.25) is 5.02 Å². The molecule has 0 aliphatic carbocycles. The van der Waals surface area contributed by atoms with Gasteiger partial charge < -0.3 is 20.6 Å². The van der Waals surface area contributed by atoms with E-state index in [1.54, 1.807) is 17.0 Å². The summed E-state index contributed by atoms with van der Waals surface area (Å²) in [6, 6.07) is 15.1. The lowest BCUT2D eigenvalue weighted by Crippen LogP contribution is -2.48. The molecular formula is C26H30ClN3O4. The average Bonchev–Trinajstić information content (AvgIpc) is 2.86. The summed E-state index contributed by atoms with van der Waals surface area (Å²) >= 11 is 6.05. The first-order valence-corrected chi connectivity index (χ1v) is 12.1. The number of rotatable bonds is 7. The third kappa shape index (κ3) is 5.96. The van der Waals surface area contributed by atoms with Gasteiger partial charge in [0.2, 0.25) is 11.8 Å². The highest BCUT2D eigenvalue weighted by Crippen LogP contribution is 2.25. The van der Waals surface area contributed by atoms with E-state index < -0.39 is 5.97 Å². The highest BCUT2D eigenvalue weighted by Gasteiger charge is 2.29. The molecular weight excluding hydrogens is 454 g/mol. The van der Waals surface area contributed by atoms with Gasteiger partial charge in [-0.3, -0.25) is 14.4 Å². The Bertz CT molecular complexity index is 1030. The largest absolute Gasteiger partial charge is 0.481 e. The summed E-state index contributed by atoms with van der Waals surface area (Å²) in [6.07, 6.45) is 1.81. The second kappa shape index (κ2) is 11.0. The normalized spacial score (nSPS) is 19.2. The van der Waals surface area contributed by atoms with Crippen molar-refractivity contribution in [3.05, 3.63) is 70.2 Å².